The molecule has 1 saturated heterocycles. The molecular formula is C23H27N5O2S. The Hall–Kier alpha value is -2.84. The number of carbonyl (C=O) groups is 1. The Morgan fingerprint density at radius 2 is 1.90 bits per heavy atom. The molecule has 0 saturated carbocycles. The van der Waals surface area contributed by atoms with Crippen LogP contribution in [0.25, 0.3) is 0 Å². The fourth-order valence-corrected chi connectivity index (χ4v) is 4.38. The lowest BCUT2D eigenvalue weighted by molar-refractivity contribution is 0.111. The molecule has 4 rings (SSSR count). The number of piperazine rings is 1. The molecule has 1 N–H and O–H groups in total. The van der Waals surface area contributed by atoms with Gasteiger partial charge in [-0.25, -0.2) is 9.78 Å². The average Bonchev–Trinajstić information content (AvgIpc) is 3.32. The molecule has 162 valence electrons. The van der Waals surface area contributed by atoms with E-state index in [1.165, 1.54) is 0 Å². The number of pyridine rings is 1. The number of nitrogens with zero attached hydrogens (tertiary/aromatic N) is 4. The summed E-state index contributed by atoms with van der Waals surface area (Å²) in [6.07, 6.45) is 6.04. The molecule has 1 unspecified atom stereocenters. The molecule has 31 heavy (non-hydrogen) atoms. The van der Waals surface area contributed by atoms with Crippen LogP contribution in [-0.2, 0) is 6.42 Å². The minimum Gasteiger partial charge on any atom is -0.410 e. The minimum absolute atomic E-state index is 0.245. The number of hydrogen-bond donors (Lipinski definition) is 1. The number of aromatic amines is 1. The molecule has 1 aromatic carbocycles. The third kappa shape index (κ3) is 6.08. The maximum absolute atomic E-state index is 12.5. The number of amides is 1. The summed E-state index contributed by atoms with van der Waals surface area (Å²) >= 11 is 1.66. The summed E-state index contributed by atoms with van der Waals surface area (Å²) < 4.78 is 5.59. The number of ether oxygens (including phenoxy) is 1. The summed E-state index contributed by atoms with van der Waals surface area (Å²) in [6, 6.07) is 13.7. The first-order valence-corrected chi connectivity index (χ1v) is 11.4. The summed E-state index contributed by atoms with van der Waals surface area (Å²) in [5.41, 5.74) is 2.26. The van der Waals surface area contributed by atoms with E-state index in [1.807, 2.05) is 48.8 Å². The number of rotatable bonds is 7. The number of H-pyrrole nitrogens is 1. The Bertz CT molecular complexity index is 942. The third-order valence-corrected chi connectivity index (χ3v) is 6.43. The molecule has 7 nitrogen and oxygen atoms in total. The summed E-state index contributed by atoms with van der Waals surface area (Å²) in [5, 5.41) is 1.14. The van der Waals surface area contributed by atoms with Gasteiger partial charge in [-0.1, -0.05) is 30.0 Å². The zero-order valence-corrected chi connectivity index (χ0v) is 18.4. The van der Waals surface area contributed by atoms with E-state index in [2.05, 4.69) is 32.8 Å². The lowest BCUT2D eigenvalue weighted by Crippen LogP contribution is -2.49. The fourth-order valence-electron chi connectivity index (χ4n) is 3.50. The van der Waals surface area contributed by atoms with Crippen molar-refractivity contribution in [2.75, 3.05) is 32.7 Å². The molecule has 0 bridgehead atoms. The summed E-state index contributed by atoms with van der Waals surface area (Å²) in [4.78, 5) is 28.4. The summed E-state index contributed by atoms with van der Waals surface area (Å²) in [6.45, 7) is 6.13. The standard InChI is InChI=1S/C23H27N5O2S/c1-18(31-22-25-11-12-26-22)19-5-7-21(8-6-19)30-23(29)28-16-14-27(15-17-28)13-9-20-4-2-3-10-24-20/h2-8,10-12,18H,9,13-17H2,1H3,(H,25,26). The first kappa shape index (κ1) is 21.4. The molecule has 1 atom stereocenters. The molecule has 1 amide bonds. The van der Waals surface area contributed by atoms with Crippen LogP contribution in [0.1, 0.15) is 23.4 Å². The maximum Gasteiger partial charge on any atom is 0.415 e. The van der Waals surface area contributed by atoms with Crippen molar-refractivity contribution in [2.24, 2.45) is 0 Å². The minimum atomic E-state index is -0.282. The van der Waals surface area contributed by atoms with E-state index < -0.39 is 0 Å². The van der Waals surface area contributed by atoms with Gasteiger partial charge in [-0.3, -0.25) is 9.88 Å². The van der Waals surface area contributed by atoms with Gasteiger partial charge in [-0.2, -0.15) is 0 Å². The number of thioether (sulfide) groups is 1. The second-order valence-electron chi connectivity index (χ2n) is 7.49. The van der Waals surface area contributed by atoms with Crippen LogP contribution in [0.4, 0.5) is 4.79 Å². The lowest BCUT2D eigenvalue weighted by atomic mass is 10.1. The van der Waals surface area contributed by atoms with Gasteiger partial charge in [0.25, 0.3) is 0 Å². The predicted octanol–water partition coefficient (Wildman–Crippen LogP) is 4.02. The van der Waals surface area contributed by atoms with Gasteiger partial charge in [0.2, 0.25) is 0 Å². The Kier molecular flexibility index (Phi) is 7.22. The second kappa shape index (κ2) is 10.5. The molecule has 3 heterocycles. The van der Waals surface area contributed by atoms with E-state index in [1.54, 1.807) is 22.9 Å². The van der Waals surface area contributed by atoms with Crippen molar-refractivity contribution in [1.29, 1.82) is 0 Å². The Morgan fingerprint density at radius 3 is 2.58 bits per heavy atom. The molecule has 2 aromatic heterocycles. The molecule has 0 aliphatic carbocycles. The molecular weight excluding hydrogens is 410 g/mol. The first-order valence-electron chi connectivity index (χ1n) is 10.5. The van der Waals surface area contributed by atoms with E-state index in [0.717, 1.165) is 42.5 Å². The second-order valence-corrected chi connectivity index (χ2v) is 8.82. The van der Waals surface area contributed by atoms with Gasteiger partial charge in [0.1, 0.15) is 5.75 Å². The highest BCUT2D eigenvalue weighted by Gasteiger charge is 2.22. The number of hydrogen-bond acceptors (Lipinski definition) is 6. The van der Waals surface area contributed by atoms with Crippen molar-refractivity contribution < 1.29 is 9.53 Å². The highest BCUT2D eigenvalue weighted by atomic mass is 32.2. The Morgan fingerprint density at radius 1 is 1.10 bits per heavy atom. The number of aromatic nitrogens is 3. The predicted molar refractivity (Wildman–Crippen MR) is 121 cm³/mol. The Labute approximate surface area is 186 Å². The van der Waals surface area contributed by atoms with Crippen LogP contribution < -0.4 is 4.74 Å². The fraction of sp³-hybridized carbons (Fsp3) is 0.348. The average molecular weight is 438 g/mol. The molecule has 3 aromatic rings. The van der Waals surface area contributed by atoms with E-state index >= 15 is 0 Å². The van der Waals surface area contributed by atoms with Crippen LogP contribution in [0.15, 0.2) is 66.2 Å². The monoisotopic (exact) mass is 437 g/mol. The van der Waals surface area contributed by atoms with E-state index in [4.69, 9.17) is 4.74 Å². The van der Waals surface area contributed by atoms with Crippen LogP contribution >= 0.6 is 11.8 Å². The van der Waals surface area contributed by atoms with E-state index in [9.17, 15) is 4.79 Å². The van der Waals surface area contributed by atoms with Gasteiger partial charge in [-0.05, 0) is 36.8 Å². The highest BCUT2D eigenvalue weighted by Crippen LogP contribution is 2.33. The molecule has 0 radical (unpaired) electrons. The lowest BCUT2D eigenvalue weighted by Gasteiger charge is -2.33. The van der Waals surface area contributed by atoms with E-state index in [0.29, 0.717) is 18.8 Å². The molecule has 1 fully saturated rings. The molecule has 1 aliphatic heterocycles. The SMILES string of the molecule is CC(Sc1ncc[nH]1)c1ccc(OC(=O)N2CCN(CCc3ccccn3)CC2)cc1. The van der Waals surface area contributed by atoms with Crippen molar-refractivity contribution in [3.63, 3.8) is 0 Å². The smallest absolute Gasteiger partial charge is 0.410 e. The molecule has 1 aliphatic rings. The van der Waals surface area contributed by atoms with Crippen molar-refractivity contribution in [3.8, 4) is 5.75 Å². The van der Waals surface area contributed by atoms with Gasteiger partial charge in [0, 0.05) is 68.7 Å². The summed E-state index contributed by atoms with van der Waals surface area (Å²) in [5.74, 6) is 0.571. The van der Waals surface area contributed by atoms with Crippen molar-refractivity contribution in [3.05, 3.63) is 72.3 Å². The van der Waals surface area contributed by atoms with E-state index in [-0.39, 0.29) is 11.3 Å². The summed E-state index contributed by atoms with van der Waals surface area (Å²) in [7, 11) is 0. The maximum atomic E-state index is 12.5. The number of carbonyl (C=O) groups excluding carboxylic acids is 1. The zero-order chi connectivity index (χ0) is 21.5. The van der Waals surface area contributed by atoms with Gasteiger partial charge in [0.05, 0.1) is 0 Å². The number of nitrogens with one attached hydrogen (secondary N) is 1. The zero-order valence-electron chi connectivity index (χ0n) is 17.6. The van der Waals surface area contributed by atoms with Crippen molar-refractivity contribution in [1.82, 2.24) is 24.8 Å². The molecule has 0 spiro atoms. The topological polar surface area (TPSA) is 74.3 Å². The van der Waals surface area contributed by atoms with Crippen LogP contribution in [0.5, 0.6) is 5.75 Å². The van der Waals surface area contributed by atoms with Crippen LogP contribution in [-0.4, -0.2) is 63.6 Å². The van der Waals surface area contributed by atoms with Crippen molar-refractivity contribution in [2.45, 2.75) is 23.8 Å². The largest absolute Gasteiger partial charge is 0.415 e. The first-order chi connectivity index (χ1) is 15.2. The van der Waals surface area contributed by atoms with Gasteiger partial charge in [-0.15, -0.1) is 0 Å². The highest BCUT2D eigenvalue weighted by molar-refractivity contribution is 7.99. The normalized spacial score (nSPS) is 15.6. The molecule has 8 heteroatoms. The van der Waals surface area contributed by atoms with Gasteiger partial charge in [0.15, 0.2) is 5.16 Å². The van der Waals surface area contributed by atoms with Crippen LogP contribution in [0.2, 0.25) is 0 Å². The van der Waals surface area contributed by atoms with Crippen LogP contribution in [0.3, 0.4) is 0 Å². The quantitative estimate of drug-likeness (QED) is 0.563. The van der Waals surface area contributed by atoms with Crippen molar-refractivity contribution >= 4 is 17.9 Å². The van der Waals surface area contributed by atoms with Gasteiger partial charge >= 0.3 is 6.09 Å². The van der Waals surface area contributed by atoms with Crippen LogP contribution in [0, 0.1) is 0 Å². The van der Waals surface area contributed by atoms with Gasteiger partial charge < -0.3 is 14.6 Å². The Balaban J connectivity index is 1.21. The third-order valence-electron chi connectivity index (χ3n) is 5.36. The number of imidazole rings is 1. The number of benzene rings is 1.